The molecule has 2 bridgehead atoms. The lowest BCUT2D eigenvalue weighted by Crippen LogP contribution is -2.55. The van der Waals surface area contributed by atoms with Gasteiger partial charge in [0.2, 0.25) is 15.9 Å². The van der Waals surface area contributed by atoms with E-state index in [0.29, 0.717) is 51.2 Å². The third-order valence-corrected chi connectivity index (χ3v) is 11.6. The van der Waals surface area contributed by atoms with Crippen LogP contribution >= 0.6 is 0 Å². The van der Waals surface area contributed by atoms with Crippen molar-refractivity contribution in [3.8, 4) is 0 Å². The van der Waals surface area contributed by atoms with E-state index in [2.05, 4.69) is 15.8 Å². The van der Waals surface area contributed by atoms with Crippen LogP contribution < -0.4 is 10.6 Å². The number of carbonyl (C=O) groups excluding carboxylic acids is 1. The van der Waals surface area contributed by atoms with Crippen LogP contribution in [0.2, 0.25) is 0 Å². The summed E-state index contributed by atoms with van der Waals surface area (Å²) in [6, 6.07) is 1.59. The molecular weight excluding hydrogens is 506 g/mol. The van der Waals surface area contributed by atoms with E-state index in [4.69, 9.17) is 9.26 Å². The number of halogens is 2. The van der Waals surface area contributed by atoms with Crippen molar-refractivity contribution in [3.63, 3.8) is 0 Å². The molecule has 3 saturated heterocycles. The van der Waals surface area contributed by atoms with E-state index < -0.39 is 21.2 Å². The summed E-state index contributed by atoms with van der Waals surface area (Å²) in [7, 11) is -3.44. The van der Waals surface area contributed by atoms with Crippen molar-refractivity contribution in [2.24, 2.45) is 5.92 Å². The summed E-state index contributed by atoms with van der Waals surface area (Å²) in [6.07, 6.45) is 5.44. The average Bonchev–Trinajstić information content (AvgIpc) is 3.39. The summed E-state index contributed by atoms with van der Waals surface area (Å²) >= 11 is 0. The lowest BCUT2D eigenvalue weighted by Gasteiger charge is -2.41. The minimum atomic E-state index is -3.44. The largest absolute Gasteiger partial charge is 0.380 e. The Hall–Kier alpha value is -1.63. The van der Waals surface area contributed by atoms with Crippen molar-refractivity contribution in [1.29, 1.82) is 0 Å². The van der Waals surface area contributed by atoms with Gasteiger partial charge in [0, 0.05) is 43.1 Å². The molecule has 0 radical (unpaired) electrons. The van der Waals surface area contributed by atoms with Crippen LogP contribution in [0.5, 0.6) is 0 Å². The second-order valence-corrected chi connectivity index (χ2v) is 13.9. The Morgan fingerprint density at radius 3 is 2.32 bits per heavy atom. The van der Waals surface area contributed by atoms with Crippen LogP contribution in [0.4, 0.5) is 8.78 Å². The van der Waals surface area contributed by atoms with E-state index >= 15 is 0 Å². The van der Waals surface area contributed by atoms with Gasteiger partial charge in [-0.1, -0.05) is 5.16 Å². The van der Waals surface area contributed by atoms with Gasteiger partial charge in [-0.05, 0) is 63.8 Å². The molecule has 0 spiro atoms. The van der Waals surface area contributed by atoms with Gasteiger partial charge in [0.05, 0.1) is 24.4 Å². The molecule has 9 nitrogen and oxygen atoms in total. The van der Waals surface area contributed by atoms with E-state index in [9.17, 15) is 22.0 Å². The van der Waals surface area contributed by atoms with E-state index in [1.165, 1.54) is 0 Å². The number of nitrogens with one attached hydrogen (secondary N) is 2. The second kappa shape index (κ2) is 9.84. The highest BCUT2D eigenvalue weighted by molar-refractivity contribution is 7.89. The maximum Gasteiger partial charge on any atom is 0.273 e. The number of rotatable bonds is 8. The normalized spacial score (nSPS) is 34.6. The second-order valence-electron chi connectivity index (χ2n) is 11.8. The number of nitrogens with zero attached hydrogens (tertiary/aromatic N) is 2. The molecule has 37 heavy (non-hydrogen) atoms. The van der Waals surface area contributed by atoms with Crippen molar-refractivity contribution >= 4 is 15.9 Å². The molecule has 4 heterocycles. The molecule has 2 saturated carbocycles. The molecule has 5 fully saturated rings. The van der Waals surface area contributed by atoms with Crippen molar-refractivity contribution < 1.29 is 31.3 Å². The highest BCUT2D eigenvalue weighted by Gasteiger charge is 2.50. The number of piperidine rings is 1. The lowest BCUT2D eigenvalue weighted by molar-refractivity contribution is -0.109. The van der Waals surface area contributed by atoms with Crippen molar-refractivity contribution in [2.45, 2.75) is 105 Å². The fourth-order valence-corrected chi connectivity index (χ4v) is 9.34. The Morgan fingerprint density at radius 1 is 1.05 bits per heavy atom. The lowest BCUT2D eigenvalue weighted by atomic mass is 9.81. The van der Waals surface area contributed by atoms with Gasteiger partial charge in [-0.15, -0.1) is 0 Å². The molecule has 6 rings (SSSR count). The Bertz CT molecular complexity index is 1080. The first-order valence-corrected chi connectivity index (χ1v) is 15.2. The molecule has 5 aliphatic rings. The number of amides is 1. The Kier molecular flexibility index (Phi) is 6.82. The van der Waals surface area contributed by atoms with Crippen LogP contribution in [-0.2, 0) is 14.8 Å². The molecule has 1 aromatic heterocycles. The molecule has 2 unspecified atom stereocenters. The number of fused-ring (bicyclic) bond motifs is 2. The molecule has 3 aliphatic heterocycles. The van der Waals surface area contributed by atoms with Crippen LogP contribution in [0.3, 0.4) is 0 Å². The molecule has 12 heteroatoms. The zero-order valence-electron chi connectivity index (χ0n) is 20.9. The predicted octanol–water partition coefficient (Wildman–Crippen LogP) is 2.79. The van der Waals surface area contributed by atoms with Crippen molar-refractivity contribution in [1.82, 2.24) is 20.1 Å². The summed E-state index contributed by atoms with van der Waals surface area (Å²) in [5.74, 6) is -1.95. The maximum absolute atomic E-state index is 13.7. The first-order chi connectivity index (χ1) is 17.7. The molecular formula is C25H36F2N4O5S. The molecule has 2 N–H and O–H groups in total. The van der Waals surface area contributed by atoms with Gasteiger partial charge >= 0.3 is 0 Å². The van der Waals surface area contributed by atoms with E-state index in [-0.39, 0.29) is 60.4 Å². The van der Waals surface area contributed by atoms with Gasteiger partial charge in [-0.2, -0.15) is 4.31 Å². The van der Waals surface area contributed by atoms with E-state index in [1.54, 1.807) is 10.4 Å². The minimum absolute atomic E-state index is 0.0255. The van der Waals surface area contributed by atoms with Gasteiger partial charge in [0.15, 0.2) is 5.69 Å². The predicted molar refractivity (Wildman–Crippen MR) is 130 cm³/mol. The first-order valence-electron chi connectivity index (χ1n) is 13.7. The van der Waals surface area contributed by atoms with Crippen LogP contribution in [0.25, 0.3) is 0 Å². The van der Waals surface area contributed by atoms with E-state index in [1.807, 2.05) is 0 Å². The number of aromatic nitrogens is 1. The monoisotopic (exact) mass is 542 g/mol. The van der Waals surface area contributed by atoms with Crippen LogP contribution in [0.1, 0.15) is 86.4 Å². The van der Waals surface area contributed by atoms with Gasteiger partial charge < -0.3 is 19.9 Å². The van der Waals surface area contributed by atoms with Crippen molar-refractivity contribution in [3.05, 3.63) is 17.5 Å². The highest BCUT2D eigenvalue weighted by Crippen LogP contribution is 2.43. The number of ether oxygens (including phenoxy) is 1. The molecule has 1 aromatic rings. The first kappa shape index (κ1) is 25.6. The third kappa shape index (κ3) is 5.18. The Morgan fingerprint density at radius 2 is 1.73 bits per heavy atom. The van der Waals surface area contributed by atoms with Gasteiger partial charge in [0.25, 0.3) is 5.91 Å². The summed E-state index contributed by atoms with van der Waals surface area (Å²) in [5.41, 5.74) is 0.251. The molecule has 2 atom stereocenters. The summed E-state index contributed by atoms with van der Waals surface area (Å²) in [5, 5.41) is 9.96. The summed E-state index contributed by atoms with van der Waals surface area (Å²) < 4.78 is 65.6. The molecule has 1 amide bonds. The smallest absolute Gasteiger partial charge is 0.273 e. The van der Waals surface area contributed by atoms with Gasteiger partial charge in [0.1, 0.15) is 5.76 Å². The Labute approximate surface area is 216 Å². The molecule has 2 aliphatic carbocycles. The fourth-order valence-electron chi connectivity index (χ4n) is 6.91. The summed E-state index contributed by atoms with van der Waals surface area (Å²) in [6.45, 7) is 1.74. The van der Waals surface area contributed by atoms with Crippen LogP contribution in [-0.4, -0.2) is 78.9 Å². The summed E-state index contributed by atoms with van der Waals surface area (Å²) in [4.78, 5) is 12.8. The SMILES string of the molecule is O=C(NC1CC2CCC(C1)N2S(=O)(=O)C1CCC(NCC2CC(F)(F)C2)CC1)c1cc(C2COC2)on1. The van der Waals surface area contributed by atoms with Crippen LogP contribution in [0.15, 0.2) is 10.6 Å². The standard InChI is InChI=1S/C25H36F2N4O5S/c26-25(27)10-15(11-25)12-28-17-1-5-21(6-2-17)37(33,34)31-19-3-4-20(31)8-18(7-19)29-24(32)22-9-23(36-30-22)16-13-35-14-16/h9,15-21,28H,1-8,10-14H2,(H,29,32). The third-order valence-electron chi connectivity index (χ3n) is 9.06. The van der Waals surface area contributed by atoms with E-state index in [0.717, 1.165) is 25.7 Å². The molecule has 206 valence electrons. The zero-order chi connectivity index (χ0) is 25.8. The zero-order valence-corrected chi connectivity index (χ0v) is 21.7. The number of alkyl halides is 2. The topological polar surface area (TPSA) is 114 Å². The number of carbonyl (C=O) groups is 1. The highest BCUT2D eigenvalue weighted by atomic mass is 32.2. The minimum Gasteiger partial charge on any atom is -0.380 e. The Balaban J connectivity index is 0.996. The maximum atomic E-state index is 13.7. The number of hydrogen-bond acceptors (Lipinski definition) is 7. The van der Waals surface area contributed by atoms with Gasteiger partial charge in [-0.3, -0.25) is 4.79 Å². The fraction of sp³-hybridized carbons (Fsp3) is 0.840. The average molecular weight is 543 g/mol. The van der Waals surface area contributed by atoms with Crippen molar-refractivity contribution in [2.75, 3.05) is 19.8 Å². The van der Waals surface area contributed by atoms with Gasteiger partial charge in [-0.25, -0.2) is 17.2 Å². The number of hydrogen-bond donors (Lipinski definition) is 2. The number of sulfonamides is 1. The quantitative estimate of drug-likeness (QED) is 0.519. The van der Waals surface area contributed by atoms with Crippen LogP contribution in [0, 0.1) is 5.92 Å². The molecule has 0 aromatic carbocycles.